The molecule has 0 spiro atoms. The van der Waals surface area contributed by atoms with Crippen LogP contribution in [0.25, 0.3) is 0 Å². The maximum absolute atomic E-state index is 11.9. The summed E-state index contributed by atoms with van der Waals surface area (Å²) in [5, 5.41) is 3.44. The Morgan fingerprint density at radius 3 is 2.56 bits per heavy atom. The number of amides is 1. The summed E-state index contributed by atoms with van der Waals surface area (Å²) in [6.07, 6.45) is 5.39. The third-order valence-electron chi connectivity index (χ3n) is 4.36. The second-order valence-corrected chi connectivity index (χ2v) is 6.32. The molecule has 1 saturated heterocycles. The molecule has 3 N–H and O–H groups in total. The van der Waals surface area contributed by atoms with Gasteiger partial charge in [0.15, 0.2) is 0 Å². The molecule has 1 aliphatic carbocycles. The lowest BCUT2D eigenvalue weighted by Crippen LogP contribution is -2.60. The number of rotatable bonds is 4. The maximum atomic E-state index is 11.9. The van der Waals surface area contributed by atoms with Gasteiger partial charge in [0.25, 0.3) is 0 Å². The van der Waals surface area contributed by atoms with Gasteiger partial charge in [-0.25, -0.2) is 0 Å². The van der Waals surface area contributed by atoms with Crippen LogP contribution in [-0.2, 0) is 9.53 Å². The van der Waals surface area contributed by atoms with Gasteiger partial charge in [-0.05, 0) is 43.9 Å². The minimum Gasteiger partial charge on any atom is -0.377 e. The van der Waals surface area contributed by atoms with E-state index >= 15 is 0 Å². The molecule has 0 aromatic rings. The van der Waals surface area contributed by atoms with Crippen molar-refractivity contribution in [1.82, 2.24) is 5.32 Å². The highest BCUT2D eigenvalue weighted by Crippen LogP contribution is 2.36. The van der Waals surface area contributed by atoms with Crippen molar-refractivity contribution in [2.45, 2.75) is 57.6 Å². The number of nitrogens with one attached hydrogen (secondary N) is 1. The lowest BCUT2D eigenvalue weighted by atomic mass is 9.71. The van der Waals surface area contributed by atoms with Gasteiger partial charge < -0.3 is 15.8 Å². The highest BCUT2D eigenvalue weighted by molar-refractivity contribution is 5.84. The molecule has 1 saturated carbocycles. The van der Waals surface area contributed by atoms with Gasteiger partial charge >= 0.3 is 0 Å². The Morgan fingerprint density at radius 1 is 1.39 bits per heavy atom. The van der Waals surface area contributed by atoms with Crippen LogP contribution in [0.5, 0.6) is 0 Å². The Hall–Kier alpha value is -0.610. The zero-order chi connectivity index (χ0) is 13.2. The van der Waals surface area contributed by atoms with Crippen LogP contribution >= 0.6 is 0 Å². The van der Waals surface area contributed by atoms with Gasteiger partial charge in [-0.2, -0.15) is 0 Å². The lowest BCUT2D eigenvalue weighted by molar-refractivity contribution is -0.127. The molecule has 18 heavy (non-hydrogen) atoms. The monoisotopic (exact) mass is 254 g/mol. The Kier molecular flexibility index (Phi) is 4.28. The summed E-state index contributed by atoms with van der Waals surface area (Å²) >= 11 is 0. The highest BCUT2D eigenvalue weighted by atomic mass is 16.5. The summed E-state index contributed by atoms with van der Waals surface area (Å²) in [5.41, 5.74) is 5.16. The molecular weight excluding hydrogens is 228 g/mol. The van der Waals surface area contributed by atoms with Gasteiger partial charge in [-0.15, -0.1) is 0 Å². The summed E-state index contributed by atoms with van der Waals surface area (Å²) in [7, 11) is 0. The minimum atomic E-state index is -0.511. The van der Waals surface area contributed by atoms with E-state index < -0.39 is 5.54 Å². The van der Waals surface area contributed by atoms with E-state index in [1.165, 1.54) is 6.42 Å². The maximum Gasteiger partial charge on any atom is 0.237 e. The topological polar surface area (TPSA) is 64.3 Å². The largest absolute Gasteiger partial charge is 0.377 e. The van der Waals surface area contributed by atoms with Crippen LogP contribution in [0, 0.1) is 11.8 Å². The fourth-order valence-electron chi connectivity index (χ4n) is 3.67. The predicted molar refractivity (Wildman–Crippen MR) is 71.1 cm³/mol. The first-order valence-electron chi connectivity index (χ1n) is 7.18. The van der Waals surface area contributed by atoms with Crippen LogP contribution in [0.15, 0.2) is 0 Å². The quantitative estimate of drug-likeness (QED) is 0.798. The Morgan fingerprint density at radius 2 is 2.06 bits per heavy atom. The molecule has 104 valence electrons. The van der Waals surface area contributed by atoms with Gasteiger partial charge in [-0.3, -0.25) is 4.79 Å². The first-order chi connectivity index (χ1) is 8.52. The van der Waals surface area contributed by atoms with E-state index in [0.29, 0.717) is 11.8 Å². The summed E-state index contributed by atoms with van der Waals surface area (Å²) in [6.45, 7) is 6.02. The third kappa shape index (κ3) is 3.04. The minimum absolute atomic E-state index is 0.195. The average Bonchev–Trinajstić information content (AvgIpc) is 2.77. The van der Waals surface area contributed by atoms with E-state index in [1.807, 2.05) is 0 Å². The number of ether oxygens (including phenoxy) is 1. The van der Waals surface area contributed by atoms with Crippen LogP contribution < -0.4 is 11.1 Å². The van der Waals surface area contributed by atoms with Gasteiger partial charge in [-0.1, -0.05) is 13.8 Å². The zero-order valence-electron chi connectivity index (χ0n) is 11.6. The fourth-order valence-corrected chi connectivity index (χ4v) is 3.67. The molecule has 3 atom stereocenters. The number of hydrogen-bond donors (Lipinski definition) is 2. The average molecular weight is 254 g/mol. The van der Waals surface area contributed by atoms with Crippen LogP contribution in [0.2, 0.25) is 0 Å². The van der Waals surface area contributed by atoms with Crippen molar-refractivity contribution in [3.63, 3.8) is 0 Å². The number of nitrogens with two attached hydrogens (primary N) is 1. The van der Waals surface area contributed by atoms with Crippen molar-refractivity contribution in [1.29, 1.82) is 0 Å². The molecular formula is C14H26N2O2. The molecule has 0 bridgehead atoms. The second kappa shape index (κ2) is 5.57. The fraction of sp³-hybridized carbons (Fsp3) is 0.929. The SMILES string of the molecule is CC1CC(C)CC(NCC2CCCO2)(C(N)=O)C1. The standard InChI is InChI=1S/C14H26N2O2/c1-10-6-11(2)8-14(7-10,13(15)17)16-9-12-4-3-5-18-12/h10-12,16H,3-9H2,1-2H3,(H2,15,17). The van der Waals surface area contributed by atoms with E-state index in [4.69, 9.17) is 10.5 Å². The smallest absolute Gasteiger partial charge is 0.237 e. The normalized spacial score (nSPS) is 40.9. The summed E-state index contributed by atoms with van der Waals surface area (Å²) in [5.74, 6) is 0.912. The molecule has 0 aromatic heterocycles. The van der Waals surface area contributed by atoms with E-state index in [2.05, 4.69) is 19.2 Å². The van der Waals surface area contributed by atoms with Gasteiger partial charge in [0.2, 0.25) is 5.91 Å². The summed E-state index contributed by atoms with van der Waals surface area (Å²) in [6, 6.07) is 0. The molecule has 1 heterocycles. The van der Waals surface area contributed by atoms with Crippen LogP contribution in [0.4, 0.5) is 0 Å². The summed E-state index contributed by atoms with van der Waals surface area (Å²) in [4.78, 5) is 11.9. The van der Waals surface area contributed by atoms with Crippen molar-refractivity contribution in [3.05, 3.63) is 0 Å². The van der Waals surface area contributed by atoms with E-state index in [1.54, 1.807) is 0 Å². The van der Waals surface area contributed by atoms with Crippen molar-refractivity contribution in [2.24, 2.45) is 17.6 Å². The molecule has 1 amide bonds. The zero-order valence-corrected chi connectivity index (χ0v) is 11.6. The molecule has 2 aliphatic rings. The first-order valence-corrected chi connectivity index (χ1v) is 7.18. The molecule has 2 fully saturated rings. The third-order valence-corrected chi connectivity index (χ3v) is 4.36. The van der Waals surface area contributed by atoms with E-state index in [9.17, 15) is 4.79 Å². The van der Waals surface area contributed by atoms with Crippen LogP contribution in [0.3, 0.4) is 0 Å². The van der Waals surface area contributed by atoms with E-state index in [0.717, 1.165) is 38.8 Å². The number of carbonyl (C=O) groups excluding carboxylic acids is 1. The van der Waals surface area contributed by atoms with Crippen molar-refractivity contribution >= 4 is 5.91 Å². The van der Waals surface area contributed by atoms with Crippen molar-refractivity contribution in [2.75, 3.05) is 13.2 Å². The van der Waals surface area contributed by atoms with Gasteiger partial charge in [0, 0.05) is 13.2 Å². The number of carbonyl (C=O) groups is 1. The highest BCUT2D eigenvalue weighted by Gasteiger charge is 2.42. The molecule has 0 radical (unpaired) electrons. The Balaban J connectivity index is 1.99. The molecule has 4 heteroatoms. The molecule has 2 rings (SSSR count). The predicted octanol–water partition coefficient (Wildman–Crippen LogP) is 1.44. The second-order valence-electron chi connectivity index (χ2n) is 6.32. The van der Waals surface area contributed by atoms with Crippen molar-refractivity contribution < 1.29 is 9.53 Å². The first kappa shape index (κ1) is 13.8. The number of primary amides is 1. The van der Waals surface area contributed by atoms with Gasteiger partial charge in [0.1, 0.15) is 0 Å². The molecule has 1 aliphatic heterocycles. The molecule has 0 aromatic carbocycles. The molecule has 3 unspecified atom stereocenters. The summed E-state index contributed by atoms with van der Waals surface area (Å²) < 4.78 is 5.61. The number of hydrogen-bond acceptors (Lipinski definition) is 3. The molecule has 4 nitrogen and oxygen atoms in total. The lowest BCUT2D eigenvalue weighted by Gasteiger charge is -2.41. The van der Waals surface area contributed by atoms with E-state index in [-0.39, 0.29) is 12.0 Å². The van der Waals surface area contributed by atoms with Crippen LogP contribution in [0.1, 0.15) is 46.0 Å². The van der Waals surface area contributed by atoms with Gasteiger partial charge in [0.05, 0.1) is 11.6 Å². The Labute approximate surface area is 110 Å². The van der Waals surface area contributed by atoms with Crippen LogP contribution in [-0.4, -0.2) is 30.7 Å². The van der Waals surface area contributed by atoms with Crippen molar-refractivity contribution in [3.8, 4) is 0 Å². The Bertz CT molecular complexity index is 290.